The molecule has 0 aromatic carbocycles. The zero-order valence-corrected chi connectivity index (χ0v) is 17.5. The molecule has 2 aliphatic rings. The highest BCUT2D eigenvalue weighted by Crippen LogP contribution is 2.18. The number of hydrogen-bond acceptors (Lipinski definition) is 6. The summed E-state index contributed by atoms with van der Waals surface area (Å²) in [5, 5.41) is 7.39. The molecule has 2 aliphatic carbocycles. The minimum absolute atomic E-state index is 0.221. The van der Waals surface area contributed by atoms with Crippen LogP contribution >= 0.6 is 0 Å². The van der Waals surface area contributed by atoms with Gasteiger partial charge in [0, 0.05) is 12.1 Å². The molecule has 2 saturated carbocycles. The molecule has 28 heavy (non-hydrogen) atoms. The molecule has 0 radical (unpaired) electrons. The zero-order valence-electron chi connectivity index (χ0n) is 17.5. The fourth-order valence-corrected chi connectivity index (χ4v) is 4.07. The van der Waals surface area contributed by atoms with Gasteiger partial charge in [0.05, 0.1) is 13.1 Å². The number of hydrogen-bond donors (Lipinski definition) is 3. The van der Waals surface area contributed by atoms with Crippen LogP contribution < -0.4 is 16.5 Å². The lowest BCUT2D eigenvalue weighted by Gasteiger charge is -2.27. The predicted molar refractivity (Wildman–Crippen MR) is 108 cm³/mol. The monoisotopic (exact) mass is 398 g/mol. The third-order valence-electron chi connectivity index (χ3n) is 5.45. The van der Waals surface area contributed by atoms with Crippen LogP contribution in [0.2, 0.25) is 0 Å². The van der Waals surface area contributed by atoms with Crippen LogP contribution in [0.1, 0.15) is 78.1 Å². The molecule has 162 valence electrons. The van der Waals surface area contributed by atoms with Crippen molar-refractivity contribution in [2.75, 3.05) is 13.1 Å². The number of rotatable bonds is 8. The predicted octanol–water partition coefficient (Wildman–Crippen LogP) is 3.06. The van der Waals surface area contributed by atoms with Crippen molar-refractivity contribution in [2.24, 2.45) is 5.84 Å². The van der Waals surface area contributed by atoms with E-state index in [1.165, 1.54) is 17.9 Å². The summed E-state index contributed by atoms with van der Waals surface area (Å²) in [6.45, 7) is 4.36. The first kappa shape index (κ1) is 22.7. The molecule has 0 bridgehead atoms. The van der Waals surface area contributed by atoms with Crippen molar-refractivity contribution >= 4 is 12.2 Å². The number of nitrogens with two attached hydrogens (primary N) is 1. The van der Waals surface area contributed by atoms with Crippen molar-refractivity contribution in [3.05, 3.63) is 0 Å². The zero-order chi connectivity index (χ0) is 20.4. The number of nitrogens with zero attached hydrogens (tertiary/aromatic N) is 1. The number of hydrazine groups is 1. The summed E-state index contributed by atoms with van der Waals surface area (Å²) >= 11 is 0. The third kappa shape index (κ3) is 9.10. The number of amides is 2. The first-order valence-corrected chi connectivity index (χ1v) is 10.9. The summed E-state index contributed by atoms with van der Waals surface area (Å²) in [4.78, 5) is 24.0. The third-order valence-corrected chi connectivity index (χ3v) is 5.45. The Hall–Kier alpha value is -1.54. The van der Waals surface area contributed by atoms with Crippen LogP contribution in [-0.4, -0.2) is 54.6 Å². The van der Waals surface area contributed by atoms with Gasteiger partial charge in [0.1, 0.15) is 12.2 Å². The maximum atomic E-state index is 12.0. The van der Waals surface area contributed by atoms with Crippen LogP contribution in [0.5, 0.6) is 0 Å². The van der Waals surface area contributed by atoms with Crippen molar-refractivity contribution in [3.63, 3.8) is 0 Å². The summed E-state index contributed by atoms with van der Waals surface area (Å²) in [6, 6.07) is 0.442. The van der Waals surface area contributed by atoms with E-state index >= 15 is 0 Å². The Morgan fingerprint density at radius 2 is 1.18 bits per heavy atom. The smallest absolute Gasteiger partial charge is 0.407 e. The van der Waals surface area contributed by atoms with Gasteiger partial charge >= 0.3 is 12.2 Å². The molecule has 2 unspecified atom stereocenters. The van der Waals surface area contributed by atoms with E-state index in [4.69, 9.17) is 15.3 Å². The second-order valence-electron chi connectivity index (χ2n) is 8.34. The summed E-state index contributed by atoms with van der Waals surface area (Å²) in [7, 11) is 0. The maximum Gasteiger partial charge on any atom is 0.407 e. The van der Waals surface area contributed by atoms with Gasteiger partial charge in [-0.2, -0.15) is 0 Å². The van der Waals surface area contributed by atoms with Gasteiger partial charge in [0.15, 0.2) is 0 Å². The Labute approximate surface area is 168 Å². The Morgan fingerprint density at radius 1 is 0.821 bits per heavy atom. The van der Waals surface area contributed by atoms with Crippen LogP contribution in [-0.2, 0) is 9.47 Å². The van der Waals surface area contributed by atoms with Crippen molar-refractivity contribution in [3.8, 4) is 0 Å². The van der Waals surface area contributed by atoms with Crippen LogP contribution in [0, 0.1) is 0 Å². The summed E-state index contributed by atoms with van der Waals surface area (Å²) in [5.74, 6) is 6.01. The largest absolute Gasteiger partial charge is 0.445 e. The molecule has 0 aliphatic heterocycles. The normalized spacial score (nSPS) is 21.0. The molecule has 2 atom stereocenters. The summed E-state index contributed by atoms with van der Waals surface area (Å²) < 4.78 is 10.8. The molecule has 0 saturated heterocycles. The van der Waals surface area contributed by atoms with Gasteiger partial charge in [-0.3, -0.25) is 5.84 Å². The number of ether oxygens (including phenoxy) is 2. The molecule has 2 fully saturated rings. The van der Waals surface area contributed by atoms with Gasteiger partial charge in [-0.1, -0.05) is 38.5 Å². The van der Waals surface area contributed by atoms with Gasteiger partial charge in [-0.25, -0.2) is 14.6 Å². The molecule has 0 spiro atoms. The fraction of sp³-hybridized carbons (Fsp3) is 0.900. The lowest BCUT2D eigenvalue weighted by molar-refractivity contribution is 0.0481. The standard InChI is InChI=1S/C20H38N4O4/c1-15(27-19(25)22-17-9-5-3-6-10-17)13-24(21)14-16(2)28-20(26)23-18-11-7-4-8-12-18/h15-18H,3-14,21H2,1-2H3,(H,22,25)(H,23,26). The fourth-order valence-electron chi connectivity index (χ4n) is 4.07. The SMILES string of the molecule is CC(CN(N)CC(C)OC(=O)NC1CCCCC1)OC(=O)NC1CCCCC1. The molecule has 8 nitrogen and oxygen atoms in total. The lowest BCUT2D eigenvalue weighted by Crippen LogP contribution is -2.46. The van der Waals surface area contributed by atoms with Crippen LogP contribution in [0.3, 0.4) is 0 Å². The molecule has 0 heterocycles. The van der Waals surface area contributed by atoms with Gasteiger partial charge in [0.2, 0.25) is 0 Å². The minimum Gasteiger partial charge on any atom is -0.445 e. The average Bonchev–Trinajstić information content (AvgIpc) is 2.62. The Balaban J connectivity index is 1.59. The van der Waals surface area contributed by atoms with Gasteiger partial charge in [0.25, 0.3) is 0 Å². The lowest BCUT2D eigenvalue weighted by atomic mass is 9.96. The Kier molecular flexibility index (Phi) is 9.84. The highest BCUT2D eigenvalue weighted by molar-refractivity contribution is 5.68. The molecular formula is C20H38N4O4. The topological polar surface area (TPSA) is 106 Å². The highest BCUT2D eigenvalue weighted by atomic mass is 16.6. The van der Waals surface area contributed by atoms with E-state index in [9.17, 15) is 9.59 Å². The van der Waals surface area contributed by atoms with Crippen LogP contribution in [0.4, 0.5) is 9.59 Å². The molecule has 2 amide bonds. The van der Waals surface area contributed by atoms with E-state index in [0.717, 1.165) is 51.4 Å². The molecule has 4 N–H and O–H groups in total. The maximum absolute atomic E-state index is 12.0. The number of carbonyl (C=O) groups excluding carboxylic acids is 2. The van der Waals surface area contributed by atoms with E-state index in [-0.39, 0.29) is 36.5 Å². The van der Waals surface area contributed by atoms with Crippen molar-refractivity contribution in [1.29, 1.82) is 0 Å². The average molecular weight is 399 g/mol. The van der Waals surface area contributed by atoms with Crippen molar-refractivity contribution in [2.45, 2.75) is 102 Å². The molecule has 0 aromatic heterocycles. The van der Waals surface area contributed by atoms with Crippen molar-refractivity contribution in [1.82, 2.24) is 15.6 Å². The van der Waals surface area contributed by atoms with E-state index < -0.39 is 0 Å². The van der Waals surface area contributed by atoms with E-state index in [1.54, 1.807) is 0 Å². The van der Waals surface area contributed by atoms with Gasteiger partial charge in [-0.15, -0.1) is 0 Å². The molecule has 8 heteroatoms. The summed E-state index contributed by atoms with van der Waals surface area (Å²) in [5.41, 5.74) is 0. The van der Waals surface area contributed by atoms with Crippen molar-refractivity contribution < 1.29 is 19.1 Å². The van der Waals surface area contributed by atoms with Crippen LogP contribution in [0.15, 0.2) is 0 Å². The van der Waals surface area contributed by atoms with E-state index in [0.29, 0.717) is 13.1 Å². The van der Waals surface area contributed by atoms with Crippen LogP contribution in [0.25, 0.3) is 0 Å². The minimum atomic E-state index is -0.385. The quantitative estimate of drug-likeness (QED) is 0.429. The molecule has 0 aromatic rings. The number of carbonyl (C=O) groups is 2. The second kappa shape index (κ2) is 12.1. The first-order chi connectivity index (χ1) is 13.4. The number of alkyl carbamates (subject to hydrolysis) is 2. The van der Waals surface area contributed by atoms with E-state index in [2.05, 4.69) is 10.6 Å². The highest BCUT2D eigenvalue weighted by Gasteiger charge is 2.21. The van der Waals surface area contributed by atoms with Gasteiger partial charge < -0.3 is 20.1 Å². The first-order valence-electron chi connectivity index (χ1n) is 10.9. The molecular weight excluding hydrogens is 360 g/mol. The second-order valence-corrected chi connectivity index (χ2v) is 8.34. The Morgan fingerprint density at radius 3 is 1.54 bits per heavy atom. The summed E-state index contributed by atoms with van der Waals surface area (Å²) in [6.07, 6.45) is 9.71. The van der Waals surface area contributed by atoms with E-state index in [1.807, 2.05) is 13.8 Å². The van der Waals surface area contributed by atoms with Gasteiger partial charge in [-0.05, 0) is 39.5 Å². The Bertz CT molecular complexity index is 437. The molecule has 2 rings (SSSR count). The number of nitrogens with one attached hydrogen (secondary N) is 2.